The quantitative estimate of drug-likeness (QED) is 0.477. The average Bonchev–Trinajstić information content (AvgIpc) is 3.73. The highest BCUT2D eigenvalue weighted by Crippen LogP contribution is 2.38. The molecule has 7 nitrogen and oxygen atoms in total. The second kappa shape index (κ2) is 8.68. The molecule has 3 aliphatic rings. The number of aromatic nitrogens is 2. The van der Waals surface area contributed by atoms with Crippen LogP contribution < -0.4 is 16.0 Å². The molecule has 2 aliphatic carbocycles. The topological polar surface area (TPSA) is 76.3 Å². The van der Waals surface area contributed by atoms with Gasteiger partial charge >= 0.3 is 5.69 Å². The van der Waals surface area contributed by atoms with Crippen LogP contribution in [0.3, 0.4) is 0 Å². The third-order valence-corrected chi connectivity index (χ3v) is 8.49. The van der Waals surface area contributed by atoms with Crippen molar-refractivity contribution in [3.63, 3.8) is 0 Å². The van der Waals surface area contributed by atoms with Gasteiger partial charge in [-0.3, -0.25) is 23.4 Å². The molecule has 182 valence electrons. The number of carbonyl (C=O) groups excluding carboxylic acids is 1. The minimum atomic E-state index is -0.987. The Kier molecular flexibility index (Phi) is 5.96. The van der Waals surface area contributed by atoms with Crippen molar-refractivity contribution in [2.45, 2.75) is 81.4 Å². The molecule has 0 radical (unpaired) electrons. The van der Waals surface area contributed by atoms with E-state index in [4.69, 9.17) is 0 Å². The summed E-state index contributed by atoms with van der Waals surface area (Å²) in [4.78, 5) is 41.8. The molecule has 0 bridgehead atoms. The molecule has 3 fully saturated rings. The lowest BCUT2D eigenvalue weighted by atomic mass is 9.97. The molecule has 0 spiro atoms. The maximum Gasteiger partial charge on any atom is 0.331 e. The van der Waals surface area contributed by atoms with Crippen LogP contribution in [0.25, 0.3) is 10.9 Å². The molecule has 5 rings (SSSR count). The Balaban J connectivity index is 1.52. The Bertz CT molecular complexity index is 1280. The Morgan fingerprint density at radius 1 is 1.26 bits per heavy atom. The Morgan fingerprint density at radius 2 is 2.00 bits per heavy atom. The van der Waals surface area contributed by atoms with Gasteiger partial charge in [0.2, 0.25) is 0 Å². The molecule has 1 saturated heterocycles. The summed E-state index contributed by atoms with van der Waals surface area (Å²) >= 11 is 1.52. The summed E-state index contributed by atoms with van der Waals surface area (Å²) < 4.78 is 20.0. The van der Waals surface area contributed by atoms with Crippen molar-refractivity contribution in [1.82, 2.24) is 18.8 Å². The van der Waals surface area contributed by atoms with Crippen LogP contribution >= 0.6 is 11.9 Å². The second-order valence-corrected chi connectivity index (χ2v) is 11.3. The summed E-state index contributed by atoms with van der Waals surface area (Å²) in [6.45, 7) is 8.00. The summed E-state index contributed by atoms with van der Waals surface area (Å²) in [6, 6.07) is 5.09. The molecule has 34 heavy (non-hydrogen) atoms. The fourth-order valence-corrected chi connectivity index (χ4v) is 5.68. The van der Waals surface area contributed by atoms with E-state index in [2.05, 4.69) is 18.2 Å². The number of carbonyl (C=O) groups is 1. The fourth-order valence-electron chi connectivity index (χ4n) is 4.80. The Morgan fingerprint density at radius 3 is 2.62 bits per heavy atom. The van der Waals surface area contributed by atoms with Gasteiger partial charge in [-0.2, -0.15) is 0 Å². The van der Waals surface area contributed by atoms with Crippen LogP contribution in [0.2, 0.25) is 0 Å². The van der Waals surface area contributed by atoms with Crippen molar-refractivity contribution in [2.75, 3.05) is 6.54 Å². The van der Waals surface area contributed by atoms with E-state index in [0.29, 0.717) is 36.2 Å². The van der Waals surface area contributed by atoms with Crippen LogP contribution in [0.5, 0.6) is 0 Å². The second-order valence-electron chi connectivity index (χ2n) is 10.4. The predicted molar refractivity (Wildman–Crippen MR) is 132 cm³/mol. The number of nitrogens with zero attached hydrogens (tertiary/aromatic N) is 3. The zero-order valence-electron chi connectivity index (χ0n) is 19.7. The van der Waals surface area contributed by atoms with Gasteiger partial charge in [0.15, 0.2) is 5.83 Å². The van der Waals surface area contributed by atoms with E-state index in [9.17, 15) is 18.8 Å². The number of piperidine rings is 1. The van der Waals surface area contributed by atoms with E-state index >= 15 is 0 Å². The number of benzene rings is 1. The highest BCUT2D eigenvalue weighted by atomic mass is 32.2. The summed E-state index contributed by atoms with van der Waals surface area (Å²) in [5.41, 5.74) is 0.241. The van der Waals surface area contributed by atoms with Gasteiger partial charge in [-0.05, 0) is 88.4 Å². The molecule has 1 aromatic heterocycles. The monoisotopic (exact) mass is 486 g/mol. The highest BCUT2D eigenvalue weighted by Gasteiger charge is 2.37. The van der Waals surface area contributed by atoms with Crippen LogP contribution in [0.4, 0.5) is 4.39 Å². The van der Waals surface area contributed by atoms with Crippen molar-refractivity contribution in [3.8, 4) is 0 Å². The van der Waals surface area contributed by atoms with Crippen LogP contribution in [0, 0.1) is 5.92 Å². The molecule has 2 saturated carbocycles. The van der Waals surface area contributed by atoms with Crippen molar-refractivity contribution >= 4 is 28.8 Å². The van der Waals surface area contributed by atoms with Crippen LogP contribution in [-0.4, -0.2) is 38.1 Å². The van der Waals surface area contributed by atoms with Gasteiger partial charge in [-0.15, -0.1) is 0 Å². The number of fused-ring (bicyclic) bond motifs is 1. The van der Waals surface area contributed by atoms with E-state index in [1.165, 1.54) is 21.4 Å². The van der Waals surface area contributed by atoms with Crippen LogP contribution in [-0.2, 0) is 11.3 Å². The van der Waals surface area contributed by atoms with Crippen molar-refractivity contribution in [3.05, 3.63) is 51.4 Å². The van der Waals surface area contributed by atoms with E-state index < -0.39 is 11.7 Å². The van der Waals surface area contributed by atoms with Crippen LogP contribution in [0.1, 0.15) is 58.4 Å². The molecule has 9 heteroatoms. The maximum atomic E-state index is 13.7. The van der Waals surface area contributed by atoms with E-state index in [1.807, 2.05) is 25.1 Å². The van der Waals surface area contributed by atoms with Gasteiger partial charge in [-0.25, -0.2) is 9.18 Å². The normalized spacial score (nSPS) is 23.8. The molecule has 1 aromatic carbocycles. The summed E-state index contributed by atoms with van der Waals surface area (Å²) in [6.07, 6.45) is 5.29. The van der Waals surface area contributed by atoms with Gasteiger partial charge in [-0.1, -0.05) is 6.58 Å². The number of rotatable bonds is 7. The summed E-state index contributed by atoms with van der Waals surface area (Å²) in [5.74, 6) is -1.24. The van der Waals surface area contributed by atoms with Gasteiger partial charge < -0.3 is 4.90 Å². The maximum absolute atomic E-state index is 13.7. The molecule has 2 unspecified atom stereocenters. The number of hydrogen-bond acceptors (Lipinski definition) is 5. The molecule has 2 heterocycles. The number of hydrogen-bond donors (Lipinski definition) is 1. The van der Waals surface area contributed by atoms with Gasteiger partial charge in [0.1, 0.15) is 0 Å². The Labute approximate surface area is 202 Å². The zero-order valence-corrected chi connectivity index (χ0v) is 20.5. The summed E-state index contributed by atoms with van der Waals surface area (Å²) in [5, 5.41) is 0.538. The first-order valence-electron chi connectivity index (χ1n) is 12.1. The molecular formula is C25H31FN4O3S. The predicted octanol–water partition coefficient (Wildman–Crippen LogP) is 3.76. The minimum absolute atomic E-state index is 0.150. The molecule has 2 atom stereocenters. The highest BCUT2D eigenvalue weighted by molar-refractivity contribution is 7.97. The smallest absolute Gasteiger partial charge is 0.331 e. The van der Waals surface area contributed by atoms with Crippen molar-refractivity contribution < 1.29 is 9.18 Å². The minimum Gasteiger partial charge on any atom is -0.334 e. The van der Waals surface area contributed by atoms with Crippen molar-refractivity contribution in [2.24, 2.45) is 5.92 Å². The van der Waals surface area contributed by atoms with Crippen LogP contribution in [0.15, 0.2) is 45.1 Å². The lowest BCUT2D eigenvalue weighted by molar-refractivity contribution is -0.132. The standard InChI is InChI=1S/C25H31FN4O3S/c1-15-12-18(8-11-28(15)22(31)16(2)26)30-23(32)20-13-19(34-27-25(3)9-10-25)6-7-21(20)29(24(30)33)14-17-4-5-17/h6-7,13,15,17-18,27H,2,4-5,8-12,14H2,1,3H3. The summed E-state index contributed by atoms with van der Waals surface area (Å²) in [7, 11) is 0. The molecule has 2 aromatic rings. The van der Waals surface area contributed by atoms with Crippen molar-refractivity contribution in [1.29, 1.82) is 0 Å². The first-order valence-corrected chi connectivity index (χ1v) is 12.9. The number of likely N-dealkylation sites (tertiary alicyclic amines) is 1. The molecule has 1 N–H and O–H groups in total. The van der Waals surface area contributed by atoms with E-state index in [1.54, 1.807) is 4.57 Å². The van der Waals surface area contributed by atoms with Gasteiger partial charge in [0, 0.05) is 35.6 Å². The lowest BCUT2D eigenvalue weighted by Gasteiger charge is -2.37. The third kappa shape index (κ3) is 4.47. The first-order chi connectivity index (χ1) is 16.2. The molecule has 1 amide bonds. The van der Waals surface area contributed by atoms with E-state index in [0.717, 1.165) is 30.6 Å². The fraction of sp³-hybridized carbons (Fsp3) is 0.560. The largest absolute Gasteiger partial charge is 0.334 e. The number of amides is 1. The molecular weight excluding hydrogens is 455 g/mol. The number of nitrogens with one attached hydrogen (secondary N) is 1. The van der Waals surface area contributed by atoms with Gasteiger partial charge in [0.25, 0.3) is 11.5 Å². The number of halogens is 1. The molecule has 1 aliphatic heterocycles. The van der Waals surface area contributed by atoms with Gasteiger partial charge in [0.05, 0.1) is 10.9 Å². The van der Waals surface area contributed by atoms with E-state index in [-0.39, 0.29) is 35.4 Å². The lowest BCUT2D eigenvalue weighted by Crippen LogP contribution is -2.50. The first kappa shape index (κ1) is 23.4. The third-order valence-electron chi connectivity index (χ3n) is 7.40. The Hall–Kier alpha value is -2.39. The SMILES string of the molecule is C=C(F)C(=O)N1CCC(n2c(=O)c3cc(SNC4(C)CC4)ccc3n(CC3CC3)c2=O)CC1C. The average molecular weight is 487 g/mol. The zero-order chi connectivity index (χ0) is 24.2.